The second kappa shape index (κ2) is 7.00. The van der Waals surface area contributed by atoms with Crippen molar-refractivity contribution in [3.8, 4) is 5.75 Å². The quantitative estimate of drug-likeness (QED) is 0.419. The van der Waals surface area contributed by atoms with Gasteiger partial charge in [-0.05, 0) is 30.7 Å². The molecule has 0 radical (unpaired) electrons. The fourth-order valence-corrected chi connectivity index (χ4v) is 4.37. The van der Waals surface area contributed by atoms with Gasteiger partial charge in [0.25, 0.3) is 0 Å². The number of nitrogens with zero attached hydrogens (tertiary/aromatic N) is 1. The van der Waals surface area contributed by atoms with Crippen LogP contribution >= 0.6 is 0 Å². The Bertz CT molecular complexity index is 758. The molecule has 6 heteroatoms. The minimum absolute atomic E-state index is 0.0810. The molecule has 0 aromatic heterocycles. The van der Waals surface area contributed by atoms with Gasteiger partial charge in [0.05, 0.1) is 32.3 Å². The summed E-state index contributed by atoms with van der Waals surface area (Å²) in [5.74, 6) is -0.755. The molecule has 4 atom stereocenters. The molecule has 0 N–H and O–H groups in total. The summed E-state index contributed by atoms with van der Waals surface area (Å²) in [5.41, 5.74) is 0.0505. The third kappa shape index (κ3) is 2.92. The predicted molar refractivity (Wildman–Crippen MR) is 99.6 cm³/mol. The van der Waals surface area contributed by atoms with Gasteiger partial charge < -0.3 is 19.1 Å². The van der Waals surface area contributed by atoms with Gasteiger partial charge in [0.15, 0.2) is 0 Å². The largest absolute Gasteiger partial charge is 0.497 e. The lowest BCUT2D eigenvalue weighted by Crippen LogP contribution is -2.40. The molecular formula is C21H25NO5. The number of esters is 1. The summed E-state index contributed by atoms with van der Waals surface area (Å²) in [7, 11) is 1.60. The average molecular weight is 371 g/mol. The molecule has 0 aliphatic carbocycles. The maximum absolute atomic E-state index is 13.2. The number of hydrogen-bond acceptors (Lipinski definition) is 5. The van der Waals surface area contributed by atoms with Crippen molar-refractivity contribution in [1.82, 2.24) is 0 Å². The summed E-state index contributed by atoms with van der Waals surface area (Å²) in [4.78, 5) is 27.6. The molecule has 3 aliphatic heterocycles. The van der Waals surface area contributed by atoms with Crippen LogP contribution in [0.4, 0.5) is 5.69 Å². The highest BCUT2D eigenvalue weighted by Gasteiger charge is 2.67. The number of rotatable bonds is 7. The van der Waals surface area contributed by atoms with E-state index in [4.69, 9.17) is 14.2 Å². The van der Waals surface area contributed by atoms with Crippen molar-refractivity contribution in [2.45, 2.75) is 37.9 Å². The van der Waals surface area contributed by atoms with Crippen LogP contribution in [0.15, 0.2) is 36.4 Å². The first kappa shape index (κ1) is 18.0. The van der Waals surface area contributed by atoms with E-state index in [2.05, 4.69) is 6.92 Å². The molecule has 3 heterocycles. The Hall–Kier alpha value is -2.34. The van der Waals surface area contributed by atoms with Crippen molar-refractivity contribution >= 4 is 17.6 Å². The van der Waals surface area contributed by atoms with Crippen LogP contribution in [0.1, 0.15) is 26.2 Å². The Morgan fingerprint density at radius 1 is 1.30 bits per heavy atom. The van der Waals surface area contributed by atoms with Crippen molar-refractivity contribution in [2.75, 3.05) is 25.2 Å². The summed E-state index contributed by atoms with van der Waals surface area (Å²) in [6.07, 6.45) is 6.42. The highest BCUT2D eigenvalue weighted by molar-refractivity contribution is 6.02. The molecule has 2 fully saturated rings. The zero-order valence-electron chi connectivity index (χ0n) is 15.7. The first-order chi connectivity index (χ1) is 13.1. The molecule has 4 rings (SSSR count). The molecule has 1 aromatic rings. The fraction of sp³-hybridized carbons (Fsp3) is 0.524. The topological polar surface area (TPSA) is 65.1 Å². The number of fused-ring (bicyclic) bond motifs is 1. The van der Waals surface area contributed by atoms with E-state index in [1.165, 1.54) is 0 Å². The highest BCUT2D eigenvalue weighted by atomic mass is 16.6. The summed E-state index contributed by atoms with van der Waals surface area (Å²) in [5, 5.41) is 0. The van der Waals surface area contributed by atoms with E-state index in [1.54, 1.807) is 12.0 Å². The van der Waals surface area contributed by atoms with Crippen LogP contribution in [0.2, 0.25) is 0 Å². The maximum atomic E-state index is 13.2. The predicted octanol–water partition coefficient (Wildman–Crippen LogP) is 2.72. The number of unbranched alkanes of at least 4 members (excludes halogenated alkanes) is 2. The van der Waals surface area contributed by atoms with Crippen LogP contribution in [0.25, 0.3) is 0 Å². The number of anilines is 1. The normalized spacial score (nSPS) is 30.7. The van der Waals surface area contributed by atoms with E-state index in [0.29, 0.717) is 13.2 Å². The van der Waals surface area contributed by atoms with Crippen molar-refractivity contribution in [3.05, 3.63) is 36.4 Å². The van der Waals surface area contributed by atoms with Crippen LogP contribution in [-0.2, 0) is 19.1 Å². The van der Waals surface area contributed by atoms with Gasteiger partial charge >= 0.3 is 5.97 Å². The van der Waals surface area contributed by atoms with E-state index in [-0.39, 0.29) is 18.0 Å². The number of amides is 1. The SMILES string of the molecule is CCCCCOC(=O)C1C2C=CC3(CN(c4ccc(OC)cc4)C(=O)C13)O2. The zero-order valence-corrected chi connectivity index (χ0v) is 15.7. The second-order valence-electron chi connectivity index (χ2n) is 7.40. The van der Waals surface area contributed by atoms with Crippen LogP contribution in [0.3, 0.4) is 0 Å². The van der Waals surface area contributed by atoms with Gasteiger partial charge in [-0.2, -0.15) is 0 Å². The number of ether oxygens (including phenoxy) is 3. The first-order valence-corrected chi connectivity index (χ1v) is 9.59. The number of carbonyl (C=O) groups excluding carboxylic acids is 2. The van der Waals surface area contributed by atoms with E-state index >= 15 is 0 Å². The average Bonchev–Trinajstić information content (AvgIpc) is 3.33. The lowest BCUT2D eigenvalue weighted by atomic mass is 9.77. The standard InChI is InChI=1S/C21H25NO5/c1-3-4-5-12-26-20(24)17-16-10-11-21(27-16)13-22(19(23)18(17)21)14-6-8-15(25-2)9-7-14/h6-11,16-18H,3-5,12-13H2,1-2H3. The van der Waals surface area contributed by atoms with Gasteiger partial charge in [-0.25, -0.2) is 0 Å². The monoisotopic (exact) mass is 371 g/mol. The summed E-state index contributed by atoms with van der Waals surface area (Å²) < 4.78 is 16.8. The van der Waals surface area contributed by atoms with E-state index < -0.39 is 17.4 Å². The Morgan fingerprint density at radius 2 is 2.07 bits per heavy atom. The Labute approximate surface area is 159 Å². The fourth-order valence-electron chi connectivity index (χ4n) is 4.37. The van der Waals surface area contributed by atoms with Crippen LogP contribution in [0.5, 0.6) is 5.75 Å². The first-order valence-electron chi connectivity index (χ1n) is 9.59. The van der Waals surface area contributed by atoms with Gasteiger partial charge in [0, 0.05) is 5.69 Å². The van der Waals surface area contributed by atoms with Gasteiger partial charge in [0.1, 0.15) is 17.3 Å². The van der Waals surface area contributed by atoms with Gasteiger partial charge in [0.2, 0.25) is 5.91 Å². The highest BCUT2D eigenvalue weighted by Crippen LogP contribution is 2.52. The third-order valence-corrected chi connectivity index (χ3v) is 5.75. The Morgan fingerprint density at radius 3 is 2.78 bits per heavy atom. The minimum Gasteiger partial charge on any atom is -0.497 e. The molecule has 3 aliphatic rings. The molecule has 1 spiro atoms. The van der Waals surface area contributed by atoms with E-state index in [1.807, 2.05) is 36.4 Å². The molecule has 6 nitrogen and oxygen atoms in total. The number of carbonyl (C=O) groups is 2. The zero-order chi connectivity index (χ0) is 19.0. The van der Waals surface area contributed by atoms with Crippen LogP contribution in [0, 0.1) is 11.8 Å². The molecule has 4 unspecified atom stereocenters. The summed E-state index contributed by atoms with van der Waals surface area (Å²) in [6.45, 7) is 2.91. The molecule has 144 valence electrons. The molecule has 1 aromatic carbocycles. The maximum Gasteiger partial charge on any atom is 0.312 e. The van der Waals surface area contributed by atoms with Crippen molar-refractivity contribution < 1.29 is 23.8 Å². The molecule has 27 heavy (non-hydrogen) atoms. The van der Waals surface area contributed by atoms with E-state index in [0.717, 1.165) is 30.7 Å². The molecule has 0 saturated carbocycles. The van der Waals surface area contributed by atoms with Crippen molar-refractivity contribution in [2.24, 2.45) is 11.8 Å². The van der Waals surface area contributed by atoms with Crippen molar-refractivity contribution in [3.63, 3.8) is 0 Å². The Balaban J connectivity index is 1.52. The smallest absolute Gasteiger partial charge is 0.312 e. The van der Waals surface area contributed by atoms with Gasteiger partial charge in [-0.3, -0.25) is 9.59 Å². The Kier molecular flexibility index (Phi) is 4.68. The van der Waals surface area contributed by atoms with Gasteiger partial charge in [-0.1, -0.05) is 31.9 Å². The van der Waals surface area contributed by atoms with Crippen molar-refractivity contribution in [1.29, 1.82) is 0 Å². The second-order valence-corrected chi connectivity index (χ2v) is 7.40. The number of methoxy groups -OCH3 is 1. The van der Waals surface area contributed by atoms with E-state index in [9.17, 15) is 9.59 Å². The van der Waals surface area contributed by atoms with Gasteiger partial charge in [-0.15, -0.1) is 0 Å². The molecule has 1 amide bonds. The van der Waals surface area contributed by atoms with Crippen LogP contribution in [-0.4, -0.2) is 43.8 Å². The molecular weight excluding hydrogens is 346 g/mol. The minimum atomic E-state index is -0.727. The lowest BCUT2D eigenvalue weighted by Gasteiger charge is -2.22. The van der Waals surface area contributed by atoms with Crippen LogP contribution < -0.4 is 9.64 Å². The summed E-state index contributed by atoms with van der Waals surface area (Å²) >= 11 is 0. The number of hydrogen-bond donors (Lipinski definition) is 0. The molecule has 2 saturated heterocycles. The number of benzene rings is 1. The molecule has 2 bridgehead atoms. The lowest BCUT2D eigenvalue weighted by molar-refractivity contribution is -0.152. The summed E-state index contributed by atoms with van der Waals surface area (Å²) in [6, 6.07) is 7.34. The third-order valence-electron chi connectivity index (χ3n) is 5.75.